The minimum atomic E-state index is -3.94. The second kappa shape index (κ2) is 10.7. The maximum absolute atomic E-state index is 13.2. The van der Waals surface area contributed by atoms with Gasteiger partial charge in [0.15, 0.2) is 0 Å². The molecular formula is C31H37ClN2O5S. The molecule has 0 unspecified atom stereocenters. The lowest BCUT2D eigenvalue weighted by molar-refractivity contribution is 0.0177. The number of carbonyl (C=O) groups excluding carboxylic acids is 1. The summed E-state index contributed by atoms with van der Waals surface area (Å²) in [5.41, 5.74) is 3.34. The van der Waals surface area contributed by atoms with E-state index >= 15 is 0 Å². The molecule has 9 heteroatoms. The molecule has 40 heavy (non-hydrogen) atoms. The number of rotatable bonds is 1. The van der Waals surface area contributed by atoms with Gasteiger partial charge >= 0.3 is 0 Å². The summed E-state index contributed by atoms with van der Waals surface area (Å²) >= 11 is 6.37. The number of fused-ring (bicyclic) bond motifs is 4. The molecule has 1 fully saturated rings. The van der Waals surface area contributed by atoms with Crippen LogP contribution in [-0.4, -0.2) is 50.5 Å². The second-order valence-corrected chi connectivity index (χ2v) is 14.3. The fourth-order valence-electron chi connectivity index (χ4n) is 7.13. The van der Waals surface area contributed by atoms with Gasteiger partial charge in [-0.2, -0.15) is 0 Å². The number of nitrogens with zero attached hydrogens (tertiary/aromatic N) is 1. The van der Waals surface area contributed by atoms with E-state index in [4.69, 9.17) is 16.3 Å². The van der Waals surface area contributed by atoms with E-state index in [1.165, 1.54) is 11.1 Å². The molecule has 0 saturated heterocycles. The zero-order valence-electron chi connectivity index (χ0n) is 22.8. The molecule has 0 aromatic heterocycles. The number of aliphatic hydroxyl groups is 1. The van der Waals surface area contributed by atoms with Crippen molar-refractivity contribution in [2.24, 2.45) is 11.8 Å². The van der Waals surface area contributed by atoms with Crippen LogP contribution in [0.25, 0.3) is 0 Å². The third-order valence-electron chi connectivity index (χ3n) is 9.49. The normalized spacial score (nSPS) is 32.2. The van der Waals surface area contributed by atoms with Gasteiger partial charge in [-0.25, -0.2) is 13.1 Å². The van der Waals surface area contributed by atoms with Gasteiger partial charge in [-0.3, -0.25) is 4.79 Å². The number of carbonyl (C=O) groups is 1. The van der Waals surface area contributed by atoms with E-state index in [2.05, 4.69) is 21.8 Å². The maximum Gasteiger partial charge on any atom is 0.264 e. The number of halogens is 1. The Morgan fingerprint density at radius 2 is 2.05 bits per heavy atom. The van der Waals surface area contributed by atoms with E-state index < -0.39 is 27.3 Å². The smallest absolute Gasteiger partial charge is 0.264 e. The highest BCUT2D eigenvalue weighted by Gasteiger charge is 2.44. The molecule has 2 aliphatic heterocycles. The molecule has 2 N–H and O–H groups in total. The maximum atomic E-state index is 13.2. The number of sulfonamides is 1. The van der Waals surface area contributed by atoms with E-state index in [1.54, 1.807) is 37.3 Å². The zero-order valence-corrected chi connectivity index (χ0v) is 24.4. The lowest BCUT2D eigenvalue weighted by Crippen LogP contribution is -2.49. The summed E-state index contributed by atoms with van der Waals surface area (Å²) in [7, 11) is -3.94. The van der Waals surface area contributed by atoms with Crippen LogP contribution < -0.4 is 14.4 Å². The molecule has 1 spiro atoms. The summed E-state index contributed by atoms with van der Waals surface area (Å²) in [6.45, 7) is 3.71. The Bertz CT molecular complexity index is 1440. The Kier molecular flexibility index (Phi) is 7.38. The molecule has 2 aromatic carbocycles. The Morgan fingerprint density at radius 1 is 1.20 bits per heavy atom. The van der Waals surface area contributed by atoms with Gasteiger partial charge in [0.05, 0.1) is 23.6 Å². The Balaban J connectivity index is 1.43. The molecule has 2 aromatic rings. The predicted molar refractivity (Wildman–Crippen MR) is 157 cm³/mol. The van der Waals surface area contributed by atoms with Crippen molar-refractivity contribution in [3.63, 3.8) is 0 Å². The molecule has 2 bridgehead atoms. The van der Waals surface area contributed by atoms with Crippen molar-refractivity contribution in [1.29, 1.82) is 0 Å². The van der Waals surface area contributed by atoms with Crippen molar-refractivity contribution < 1.29 is 23.1 Å². The minimum absolute atomic E-state index is 0.135. The number of hydrogen-bond acceptors (Lipinski definition) is 6. The van der Waals surface area contributed by atoms with Gasteiger partial charge in [0.1, 0.15) is 5.75 Å². The lowest BCUT2D eigenvalue weighted by Gasteiger charge is -2.45. The van der Waals surface area contributed by atoms with Crippen LogP contribution in [0.1, 0.15) is 66.9 Å². The van der Waals surface area contributed by atoms with Crippen LogP contribution in [0.4, 0.5) is 5.69 Å². The molecular weight excluding hydrogens is 548 g/mol. The Hall–Kier alpha value is -2.55. The number of aryl methyl sites for hydroxylation is 1. The van der Waals surface area contributed by atoms with Crippen molar-refractivity contribution in [3.8, 4) is 5.75 Å². The number of ether oxygens (including phenoxy) is 1. The van der Waals surface area contributed by atoms with Crippen LogP contribution in [0.3, 0.4) is 0 Å². The van der Waals surface area contributed by atoms with E-state index in [-0.39, 0.29) is 22.8 Å². The van der Waals surface area contributed by atoms with Gasteiger partial charge in [-0.15, -0.1) is 0 Å². The topological polar surface area (TPSA) is 95.9 Å². The van der Waals surface area contributed by atoms with Gasteiger partial charge < -0.3 is 14.7 Å². The summed E-state index contributed by atoms with van der Waals surface area (Å²) in [6, 6.07) is 11.4. The lowest BCUT2D eigenvalue weighted by atomic mass is 9.68. The quantitative estimate of drug-likeness (QED) is 0.458. The van der Waals surface area contributed by atoms with Crippen LogP contribution in [0, 0.1) is 11.8 Å². The molecule has 0 radical (unpaired) electrons. The first kappa shape index (κ1) is 27.6. The number of anilines is 1. The molecule has 5 atom stereocenters. The van der Waals surface area contributed by atoms with Gasteiger partial charge in [0, 0.05) is 29.1 Å². The average molecular weight is 585 g/mol. The van der Waals surface area contributed by atoms with Crippen molar-refractivity contribution in [3.05, 3.63) is 70.3 Å². The third kappa shape index (κ3) is 5.03. The molecule has 214 valence electrons. The number of benzene rings is 2. The molecule has 1 saturated carbocycles. The molecule has 2 aliphatic carbocycles. The standard InChI is InChI=1S/C31H37ClN2O5S/c1-2-24-6-3-7-28(35)25-11-8-22(25)17-34-18-31(14-4-5-20-15-23(32)10-12-26(20)31)19-39-29-13-9-21(16-27(29)34)30(36)33-40(24,37)38/h3,6,9-10,12-13,15-16,22,24-25,28,35H,2,4-5,7-8,11,14,17-19H2,1H3,(H,33,36)/b6-3-/t22-,24+,25+,28-,31-/m0/s1. The Morgan fingerprint density at radius 3 is 2.83 bits per heavy atom. The van der Waals surface area contributed by atoms with E-state index in [9.17, 15) is 18.3 Å². The van der Waals surface area contributed by atoms with Crippen LogP contribution in [0.5, 0.6) is 5.75 Å². The number of hydrogen-bond donors (Lipinski definition) is 2. The summed E-state index contributed by atoms with van der Waals surface area (Å²) in [5.74, 6) is 0.456. The van der Waals surface area contributed by atoms with Crippen LogP contribution in [0.15, 0.2) is 48.6 Å². The van der Waals surface area contributed by atoms with E-state index in [0.717, 1.165) is 49.4 Å². The van der Waals surface area contributed by atoms with E-state index in [1.807, 2.05) is 6.07 Å². The highest BCUT2D eigenvalue weighted by Crippen LogP contribution is 2.46. The first-order valence-corrected chi connectivity index (χ1v) is 16.3. The fraction of sp³-hybridized carbons (Fsp3) is 0.516. The van der Waals surface area contributed by atoms with Crippen LogP contribution in [0.2, 0.25) is 5.02 Å². The van der Waals surface area contributed by atoms with Crippen molar-refractivity contribution >= 4 is 33.2 Å². The largest absolute Gasteiger partial charge is 0.490 e. The van der Waals surface area contributed by atoms with Crippen LogP contribution >= 0.6 is 11.6 Å². The van der Waals surface area contributed by atoms with Gasteiger partial charge in [-0.05, 0) is 98.2 Å². The molecule has 1 amide bonds. The summed E-state index contributed by atoms with van der Waals surface area (Å²) in [5, 5.41) is 11.0. The SMILES string of the molecule is CC[C@@H]1/C=C\C[C@H](O)[C@@H]2CC[C@H]2CN2C[C@@]3(CCCc4cc(Cl)ccc43)COc3ccc(cc32)C(=O)NS1(=O)=O. The highest BCUT2D eigenvalue weighted by molar-refractivity contribution is 7.90. The summed E-state index contributed by atoms with van der Waals surface area (Å²) in [4.78, 5) is 15.6. The van der Waals surface area contributed by atoms with Gasteiger partial charge in [0.2, 0.25) is 10.0 Å². The molecule has 6 rings (SSSR count). The molecule has 2 heterocycles. The number of amides is 1. The second-order valence-electron chi connectivity index (χ2n) is 11.9. The first-order chi connectivity index (χ1) is 19.2. The predicted octanol–water partition coefficient (Wildman–Crippen LogP) is 5.00. The fourth-order valence-corrected chi connectivity index (χ4v) is 8.61. The zero-order chi connectivity index (χ0) is 28.1. The number of aliphatic hydroxyl groups excluding tert-OH is 1. The first-order valence-electron chi connectivity index (χ1n) is 14.4. The minimum Gasteiger partial charge on any atom is -0.490 e. The molecule has 4 aliphatic rings. The average Bonchev–Trinajstić information content (AvgIpc) is 3.05. The van der Waals surface area contributed by atoms with Gasteiger partial charge in [0.25, 0.3) is 5.91 Å². The number of nitrogens with one attached hydrogen (secondary N) is 1. The summed E-state index contributed by atoms with van der Waals surface area (Å²) < 4.78 is 35.0. The third-order valence-corrected chi connectivity index (χ3v) is 11.5. The monoisotopic (exact) mass is 584 g/mol. The summed E-state index contributed by atoms with van der Waals surface area (Å²) in [6.07, 6.45) is 8.47. The van der Waals surface area contributed by atoms with E-state index in [0.29, 0.717) is 31.7 Å². The van der Waals surface area contributed by atoms with Gasteiger partial charge in [-0.1, -0.05) is 36.7 Å². The van der Waals surface area contributed by atoms with Crippen molar-refractivity contribution in [2.75, 3.05) is 24.6 Å². The molecule has 7 nitrogen and oxygen atoms in total. The van der Waals surface area contributed by atoms with Crippen LogP contribution in [-0.2, 0) is 21.9 Å². The van der Waals surface area contributed by atoms with Crippen molar-refractivity contribution in [2.45, 2.75) is 68.6 Å². The Labute approximate surface area is 241 Å². The van der Waals surface area contributed by atoms with Crippen molar-refractivity contribution in [1.82, 2.24) is 4.72 Å². The highest BCUT2D eigenvalue weighted by atomic mass is 35.5.